The molecule has 1 saturated heterocycles. The molecule has 0 aromatic rings. The van der Waals surface area contributed by atoms with Gasteiger partial charge in [0.15, 0.2) is 0 Å². The minimum Gasteiger partial charge on any atom is -0.378 e. The number of hydrogen-bond acceptors (Lipinski definition) is 3. The lowest BCUT2D eigenvalue weighted by Crippen LogP contribution is -2.77. The van der Waals surface area contributed by atoms with Crippen LogP contribution < -0.4 is 5.73 Å². The number of carbonyl (C=O) groups excluding carboxylic acids is 1. The predicted octanol–water partition coefficient (Wildman–Crippen LogP) is 2.41. The van der Waals surface area contributed by atoms with E-state index in [4.69, 9.17) is 10.5 Å². The van der Waals surface area contributed by atoms with Crippen molar-refractivity contribution in [3.05, 3.63) is 0 Å². The van der Waals surface area contributed by atoms with Gasteiger partial charge in [0.2, 0.25) is 5.91 Å². The van der Waals surface area contributed by atoms with Gasteiger partial charge in [0, 0.05) is 31.0 Å². The summed E-state index contributed by atoms with van der Waals surface area (Å²) in [6.07, 6.45) is 1.91. The van der Waals surface area contributed by atoms with Crippen LogP contribution in [0.15, 0.2) is 0 Å². The zero-order valence-electron chi connectivity index (χ0n) is 14.5. The Morgan fingerprint density at radius 1 is 1.33 bits per heavy atom. The molecule has 2 aliphatic rings. The fourth-order valence-electron chi connectivity index (χ4n) is 4.04. The average Bonchev–Trinajstić information content (AvgIpc) is 2.41. The number of ether oxygens (including phenoxy) is 1. The fraction of sp³-hybridized carbons (Fsp3) is 0.941. The second-order valence-electron chi connectivity index (χ2n) is 7.86. The number of carbonyl (C=O) groups is 1. The first-order chi connectivity index (χ1) is 9.65. The van der Waals surface area contributed by atoms with Crippen molar-refractivity contribution in [1.82, 2.24) is 4.90 Å². The van der Waals surface area contributed by atoms with Crippen LogP contribution in [0.25, 0.3) is 0 Å². The molecule has 1 aliphatic heterocycles. The molecule has 4 nitrogen and oxygen atoms in total. The Morgan fingerprint density at radius 2 is 1.95 bits per heavy atom. The molecule has 2 N–H and O–H groups in total. The average molecular weight is 296 g/mol. The highest BCUT2D eigenvalue weighted by atomic mass is 16.5. The quantitative estimate of drug-likeness (QED) is 0.870. The molecule has 0 radical (unpaired) electrons. The summed E-state index contributed by atoms with van der Waals surface area (Å²) in [5.41, 5.74) is 5.48. The van der Waals surface area contributed by atoms with Gasteiger partial charge in [-0.15, -0.1) is 0 Å². The van der Waals surface area contributed by atoms with Gasteiger partial charge in [-0.3, -0.25) is 4.79 Å². The fourth-order valence-corrected chi connectivity index (χ4v) is 4.04. The summed E-state index contributed by atoms with van der Waals surface area (Å²) in [5.74, 6) is 1.20. The molecule has 0 aromatic carbocycles. The van der Waals surface area contributed by atoms with Crippen molar-refractivity contribution < 1.29 is 9.53 Å². The van der Waals surface area contributed by atoms with E-state index in [9.17, 15) is 4.79 Å². The Kier molecular flexibility index (Phi) is 4.42. The molecule has 1 amide bonds. The van der Waals surface area contributed by atoms with Crippen LogP contribution in [0.4, 0.5) is 0 Å². The van der Waals surface area contributed by atoms with Crippen LogP contribution in [0.2, 0.25) is 0 Å². The molecule has 0 spiro atoms. The zero-order valence-corrected chi connectivity index (χ0v) is 14.5. The molecule has 0 aromatic heterocycles. The molecule has 1 aliphatic carbocycles. The summed E-state index contributed by atoms with van der Waals surface area (Å²) < 4.78 is 5.74. The van der Waals surface area contributed by atoms with E-state index < -0.39 is 5.54 Å². The lowest BCUT2D eigenvalue weighted by Gasteiger charge is -2.60. The summed E-state index contributed by atoms with van der Waals surface area (Å²) in [6, 6.07) is 0.274. The SMILES string of the molecule is CCOC1CC(N)(C(=O)N2CC(C)CC(C)C2C)C1(C)C. The van der Waals surface area contributed by atoms with E-state index in [0.29, 0.717) is 24.9 Å². The van der Waals surface area contributed by atoms with Crippen LogP contribution in [-0.2, 0) is 9.53 Å². The molecule has 1 saturated carbocycles. The van der Waals surface area contributed by atoms with Crippen molar-refractivity contribution in [1.29, 1.82) is 0 Å². The summed E-state index contributed by atoms with van der Waals surface area (Å²) in [6.45, 7) is 14.2. The monoisotopic (exact) mass is 296 g/mol. The lowest BCUT2D eigenvalue weighted by molar-refractivity contribution is -0.183. The maximum Gasteiger partial charge on any atom is 0.243 e. The molecule has 0 bridgehead atoms. The van der Waals surface area contributed by atoms with Crippen molar-refractivity contribution in [3.63, 3.8) is 0 Å². The number of nitrogens with two attached hydrogens (primary N) is 1. The molecule has 2 rings (SSSR count). The number of amides is 1. The maximum atomic E-state index is 13.1. The van der Waals surface area contributed by atoms with Gasteiger partial charge in [0.1, 0.15) is 5.54 Å². The largest absolute Gasteiger partial charge is 0.378 e. The molecule has 5 atom stereocenters. The van der Waals surface area contributed by atoms with Gasteiger partial charge in [-0.25, -0.2) is 0 Å². The van der Waals surface area contributed by atoms with Crippen molar-refractivity contribution in [2.24, 2.45) is 23.0 Å². The van der Waals surface area contributed by atoms with Crippen LogP contribution in [0.1, 0.15) is 54.4 Å². The molecule has 21 heavy (non-hydrogen) atoms. The molecular weight excluding hydrogens is 264 g/mol. The summed E-state index contributed by atoms with van der Waals surface area (Å²) in [5, 5.41) is 0. The number of likely N-dealkylation sites (tertiary alicyclic amines) is 1. The van der Waals surface area contributed by atoms with Crippen LogP contribution in [0.3, 0.4) is 0 Å². The Bertz CT molecular complexity index is 410. The molecule has 1 heterocycles. The van der Waals surface area contributed by atoms with Crippen molar-refractivity contribution in [2.75, 3.05) is 13.2 Å². The normalized spacial score (nSPS) is 42.5. The highest BCUT2D eigenvalue weighted by molar-refractivity contribution is 5.89. The minimum absolute atomic E-state index is 0.0893. The minimum atomic E-state index is -0.780. The van der Waals surface area contributed by atoms with Gasteiger partial charge in [-0.05, 0) is 32.1 Å². The second kappa shape index (κ2) is 5.54. The van der Waals surface area contributed by atoms with Crippen LogP contribution >= 0.6 is 0 Å². The standard InChI is InChI=1S/C17H32N2O2/c1-7-21-14-9-17(18,16(14,5)6)15(20)19-10-11(2)8-12(3)13(19)4/h11-14H,7-10,18H2,1-6H3. The molecule has 5 unspecified atom stereocenters. The first-order valence-electron chi connectivity index (χ1n) is 8.36. The van der Waals surface area contributed by atoms with E-state index in [1.54, 1.807) is 0 Å². The van der Waals surface area contributed by atoms with Gasteiger partial charge < -0.3 is 15.4 Å². The predicted molar refractivity (Wildman–Crippen MR) is 84.9 cm³/mol. The molecule has 2 fully saturated rings. The Balaban J connectivity index is 2.16. The molecular formula is C17H32N2O2. The van der Waals surface area contributed by atoms with Crippen molar-refractivity contribution in [3.8, 4) is 0 Å². The van der Waals surface area contributed by atoms with E-state index in [0.717, 1.165) is 6.54 Å². The third-order valence-electron chi connectivity index (χ3n) is 6.07. The first-order valence-corrected chi connectivity index (χ1v) is 8.36. The summed E-state index contributed by atoms with van der Waals surface area (Å²) in [4.78, 5) is 15.1. The zero-order chi connectivity index (χ0) is 16.0. The summed E-state index contributed by atoms with van der Waals surface area (Å²) in [7, 11) is 0. The summed E-state index contributed by atoms with van der Waals surface area (Å²) >= 11 is 0. The Labute approximate surface area is 129 Å². The van der Waals surface area contributed by atoms with Gasteiger partial charge >= 0.3 is 0 Å². The third-order valence-corrected chi connectivity index (χ3v) is 6.07. The van der Waals surface area contributed by atoms with E-state index in [-0.39, 0.29) is 23.5 Å². The Hall–Kier alpha value is -0.610. The van der Waals surface area contributed by atoms with E-state index in [1.807, 2.05) is 11.8 Å². The number of rotatable bonds is 3. The van der Waals surface area contributed by atoms with Crippen molar-refractivity contribution in [2.45, 2.75) is 72.1 Å². The van der Waals surface area contributed by atoms with Gasteiger partial charge in [0.25, 0.3) is 0 Å². The van der Waals surface area contributed by atoms with Gasteiger partial charge in [-0.1, -0.05) is 27.7 Å². The maximum absolute atomic E-state index is 13.1. The molecule has 4 heteroatoms. The molecule has 122 valence electrons. The third kappa shape index (κ3) is 2.50. The van der Waals surface area contributed by atoms with E-state index in [2.05, 4.69) is 34.6 Å². The smallest absolute Gasteiger partial charge is 0.243 e. The van der Waals surface area contributed by atoms with Crippen LogP contribution in [0, 0.1) is 17.3 Å². The highest BCUT2D eigenvalue weighted by Crippen LogP contribution is 2.51. The van der Waals surface area contributed by atoms with Gasteiger partial charge in [-0.2, -0.15) is 0 Å². The first kappa shape index (κ1) is 16.8. The topological polar surface area (TPSA) is 55.6 Å². The van der Waals surface area contributed by atoms with Crippen LogP contribution in [-0.4, -0.2) is 41.6 Å². The second-order valence-corrected chi connectivity index (χ2v) is 7.86. The number of nitrogens with zero attached hydrogens (tertiary/aromatic N) is 1. The lowest BCUT2D eigenvalue weighted by atomic mass is 9.54. The Morgan fingerprint density at radius 3 is 2.48 bits per heavy atom. The van der Waals surface area contributed by atoms with Crippen LogP contribution in [0.5, 0.6) is 0 Å². The van der Waals surface area contributed by atoms with Gasteiger partial charge in [0.05, 0.1) is 6.10 Å². The highest BCUT2D eigenvalue weighted by Gasteiger charge is 2.64. The number of piperidine rings is 1. The van der Waals surface area contributed by atoms with Crippen molar-refractivity contribution >= 4 is 5.91 Å². The van der Waals surface area contributed by atoms with E-state index >= 15 is 0 Å². The van der Waals surface area contributed by atoms with E-state index in [1.165, 1.54) is 6.42 Å². The number of hydrogen-bond donors (Lipinski definition) is 1.